The molecule has 0 saturated heterocycles. The van der Waals surface area contributed by atoms with E-state index in [1.54, 1.807) is 0 Å². The fourth-order valence-electron chi connectivity index (χ4n) is 4.31. The maximum absolute atomic E-state index is 5.80. The number of ether oxygens (including phenoxy) is 4. The highest BCUT2D eigenvalue weighted by Gasteiger charge is 2.27. The van der Waals surface area contributed by atoms with Crippen LogP contribution in [0.25, 0.3) is 0 Å². The standard InChI is InChI=1S/2C9H18O.2C7H14O/c2*1-9(2,3)10-8-6-4-5-7-8;1-7(2,3)8-6-4-5-6;1-6(2)8-5-7-3-4-7/h2*8H,4-7H2,1-3H3;6H,4-5H2,1-3H3;6-7H,3-5H2,1-2H3. The summed E-state index contributed by atoms with van der Waals surface area (Å²) >= 11 is 0. The Morgan fingerprint density at radius 2 is 0.806 bits per heavy atom. The summed E-state index contributed by atoms with van der Waals surface area (Å²) in [5.74, 6) is 0.914. The van der Waals surface area contributed by atoms with Crippen LogP contribution in [-0.2, 0) is 18.9 Å². The molecule has 4 saturated carbocycles. The Morgan fingerprint density at radius 1 is 0.500 bits per heavy atom. The summed E-state index contributed by atoms with van der Waals surface area (Å²) in [5.41, 5.74) is 0.213. The molecule has 0 unspecified atom stereocenters. The van der Waals surface area contributed by atoms with E-state index < -0.39 is 0 Å². The molecule has 0 atom stereocenters. The van der Waals surface area contributed by atoms with E-state index in [4.69, 9.17) is 18.9 Å². The number of rotatable bonds is 6. The first-order valence-corrected chi connectivity index (χ1v) is 15.2. The molecule has 4 rings (SSSR count). The van der Waals surface area contributed by atoms with Crippen molar-refractivity contribution in [3.05, 3.63) is 0 Å². The van der Waals surface area contributed by atoms with Crippen LogP contribution in [-0.4, -0.2) is 47.8 Å². The number of hydrogen-bond donors (Lipinski definition) is 0. The Kier molecular flexibility index (Phi) is 15.1. The minimum Gasteiger partial charge on any atom is -0.379 e. The van der Waals surface area contributed by atoms with Crippen LogP contribution < -0.4 is 0 Å². The van der Waals surface area contributed by atoms with Crippen molar-refractivity contribution in [3.8, 4) is 0 Å². The molecule has 0 bridgehead atoms. The molecule has 4 fully saturated rings. The molecule has 216 valence electrons. The Morgan fingerprint density at radius 3 is 1.00 bits per heavy atom. The van der Waals surface area contributed by atoms with Gasteiger partial charge >= 0.3 is 0 Å². The maximum Gasteiger partial charge on any atom is 0.0602 e. The van der Waals surface area contributed by atoms with E-state index in [0.29, 0.717) is 24.4 Å². The SMILES string of the molecule is CC(C)(C)OC1CC1.CC(C)(C)OC1CCCC1.CC(C)(C)OC1CCCC1.CC(C)OCC1CC1. The summed E-state index contributed by atoms with van der Waals surface area (Å²) in [5, 5.41) is 0. The van der Waals surface area contributed by atoms with Gasteiger partial charge in [-0.25, -0.2) is 0 Å². The highest BCUT2D eigenvalue weighted by molar-refractivity contribution is 4.77. The second-order valence-electron chi connectivity index (χ2n) is 14.5. The Labute approximate surface area is 226 Å². The van der Waals surface area contributed by atoms with E-state index >= 15 is 0 Å². The largest absolute Gasteiger partial charge is 0.379 e. The first kappa shape index (κ1) is 33.9. The van der Waals surface area contributed by atoms with E-state index in [1.165, 1.54) is 77.0 Å². The predicted molar refractivity (Wildman–Crippen MR) is 154 cm³/mol. The molecule has 4 nitrogen and oxygen atoms in total. The van der Waals surface area contributed by atoms with E-state index in [1.807, 2.05) is 0 Å². The third-order valence-corrected chi connectivity index (χ3v) is 6.05. The summed E-state index contributed by atoms with van der Waals surface area (Å²) in [6.45, 7) is 24.3. The average Bonchev–Trinajstić information content (AvgIpc) is 3.59. The zero-order valence-electron chi connectivity index (χ0n) is 26.2. The lowest BCUT2D eigenvalue weighted by molar-refractivity contribution is -0.0562. The van der Waals surface area contributed by atoms with Gasteiger partial charge in [0.25, 0.3) is 0 Å². The Balaban J connectivity index is 0.000000241. The summed E-state index contributed by atoms with van der Waals surface area (Å²) in [6.07, 6.45) is 18.0. The van der Waals surface area contributed by atoms with Crippen molar-refractivity contribution in [2.45, 2.75) is 194 Å². The fraction of sp³-hybridized carbons (Fsp3) is 1.00. The zero-order valence-corrected chi connectivity index (χ0v) is 26.2. The van der Waals surface area contributed by atoms with Crippen LogP contribution in [0.15, 0.2) is 0 Å². The Bertz CT molecular complexity index is 502. The van der Waals surface area contributed by atoms with Crippen molar-refractivity contribution in [2.75, 3.05) is 6.61 Å². The topological polar surface area (TPSA) is 36.9 Å². The molecule has 0 radical (unpaired) electrons. The van der Waals surface area contributed by atoms with Gasteiger partial charge in [-0.15, -0.1) is 0 Å². The van der Waals surface area contributed by atoms with E-state index in [-0.39, 0.29) is 16.8 Å². The molecule has 0 N–H and O–H groups in total. The molecule has 4 heteroatoms. The van der Waals surface area contributed by atoms with Gasteiger partial charge in [0.1, 0.15) is 0 Å². The maximum atomic E-state index is 5.80. The molecule has 0 amide bonds. The summed E-state index contributed by atoms with van der Waals surface area (Å²) in [6, 6.07) is 0. The highest BCUT2D eigenvalue weighted by Crippen LogP contribution is 2.29. The molecule has 0 spiro atoms. The van der Waals surface area contributed by atoms with Gasteiger partial charge in [-0.3, -0.25) is 0 Å². The van der Waals surface area contributed by atoms with Gasteiger partial charge in [-0.1, -0.05) is 25.7 Å². The van der Waals surface area contributed by atoms with Gasteiger partial charge in [0.15, 0.2) is 0 Å². The van der Waals surface area contributed by atoms with Crippen molar-refractivity contribution < 1.29 is 18.9 Å². The van der Waals surface area contributed by atoms with Gasteiger partial charge in [0.05, 0.1) is 41.2 Å². The molecule has 0 aromatic rings. The molecular weight excluding hydrogens is 448 g/mol. The van der Waals surface area contributed by atoms with Gasteiger partial charge in [-0.05, 0) is 133 Å². The third-order valence-electron chi connectivity index (χ3n) is 6.05. The highest BCUT2D eigenvalue weighted by atomic mass is 16.5. The van der Waals surface area contributed by atoms with Crippen LogP contribution in [0.5, 0.6) is 0 Å². The van der Waals surface area contributed by atoms with Crippen molar-refractivity contribution in [3.63, 3.8) is 0 Å². The Hall–Kier alpha value is -0.160. The summed E-state index contributed by atoms with van der Waals surface area (Å²) in [4.78, 5) is 0. The second-order valence-corrected chi connectivity index (χ2v) is 14.5. The molecule has 0 aromatic carbocycles. The van der Waals surface area contributed by atoms with Crippen molar-refractivity contribution in [1.29, 1.82) is 0 Å². The molecule has 0 aliphatic heterocycles. The fourth-order valence-corrected chi connectivity index (χ4v) is 4.31. The smallest absolute Gasteiger partial charge is 0.0602 e. The quantitative estimate of drug-likeness (QED) is 0.355. The molecule has 0 aromatic heterocycles. The lowest BCUT2D eigenvalue weighted by atomic mass is 10.2. The minimum atomic E-state index is 0.0645. The normalized spacial score (nSPS) is 21.3. The van der Waals surface area contributed by atoms with Gasteiger partial charge in [0.2, 0.25) is 0 Å². The molecule has 4 aliphatic carbocycles. The monoisotopic (exact) mass is 512 g/mol. The van der Waals surface area contributed by atoms with E-state index in [2.05, 4.69) is 76.2 Å². The van der Waals surface area contributed by atoms with Crippen molar-refractivity contribution in [2.24, 2.45) is 5.92 Å². The average molecular weight is 513 g/mol. The van der Waals surface area contributed by atoms with Gasteiger partial charge < -0.3 is 18.9 Å². The number of hydrogen-bond acceptors (Lipinski definition) is 4. The first-order chi connectivity index (χ1) is 16.5. The molecular formula is C32H64O4. The lowest BCUT2D eigenvalue weighted by Gasteiger charge is -2.24. The van der Waals surface area contributed by atoms with Crippen LogP contribution in [0.1, 0.15) is 153 Å². The van der Waals surface area contributed by atoms with Crippen molar-refractivity contribution in [1.82, 2.24) is 0 Å². The third kappa shape index (κ3) is 23.0. The molecule has 4 aliphatic rings. The molecule has 36 heavy (non-hydrogen) atoms. The second kappa shape index (κ2) is 16.1. The van der Waals surface area contributed by atoms with E-state index in [9.17, 15) is 0 Å². The van der Waals surface area contributed by atoms with Crippen LogP contribution >= 0.6 is 0 Å². The van der Waals surface area contributed by atoms with Gasteiger partial charge in [-0.2, -0.15) is 0 Å². The minimum absolute atomic E-state index is 0.0645. The van der Waals surface area contributed by atoms with Crippen LogP contribution in [0, 0.1) is 5.92 Å². The lowest BCUT2D eigenvalue weighted by Crippen LogP contribution is -2.25. The molecule has 0 heterocycles. The van der Waals surface area contributed by atoms with E-state index in [0.717, 1.165) is 12.5 Å². The van der Waals surface area contributed by atoms with Crippen molar-refractivity contribution >= 4 is 0 Å². The predicted octanol–water partition coefficient (Wildman–Crippen LogP) is 9.27. The summed E-state index contributed by atoms with van der Waals surface area (Å²) < 4.78 is 22.5. The van der Waals surface area contributed by atoms with Crippen LogP contribution in [0.3, 0.4) is 0 Å². The summed E-state index contributed by atoms with van der Waals surface area (Å²) in [7, 11) is 0. The first-order valence-electron chi connectivity index (χ1n) is 15.2. The van der Waals surface area contributed by atoms with Crippen LogP contribution in [0.2, 0.25) is 0 Å². The van der Waals surface area contributed by atoms with Crippen LogP contribution in [0.4, 0.5) is 0 Å². The van der Waals surface area contributed by atoms with Gasteiger partial charge in [0, 0.05) is 6.61 Å². The zero-order chi connectivity index (χ0) is 27.4.